The van der Waals surface area contributed by atoms with Gasteiger partial charge in [0.25, 0.3) is 5.69 Å². The first kappa shape index (κ1) is 12.4. The van der Waals surface area contributed by atoms with E-state index in [1.807, 2.05) is 0 Å². The molecule has 1 aromatic carbocycles. The van der Waals surface area contributed by atoms with Crippen molar-refractivity contribution < 1.29 is 10.0 Å². The smallest absolute Gasteiger partial charge is 0.272 e. The highest BCUT2D eigenvalue weighted by molar-refractivity contribution is 6.39. The van der Waals surface area contributed by atoms with E-state index in [4.69, 9.17) is 23.2 Å². The second-order valence-electron chi connectivity index (χ2n) is 4.37. The quantitative estimate of drug-likeness (QED) is 0.666. The van der Waals surface area contributed by atoms with Crippen LogP contribution in [0.4, 0.5) is 11.4 Å². The number of nitrogens with zero attached hydrogens (tertiary/aromatic N) is 2. The summed E-state index contributed by atoms with van der Waals surface area (Å²) >= 11 is 11.9. The average molecular weight is 277 g/mol. The highest BCUT2D eigenvalue weighted by Crippen LogP contribution is 2.40. The van der Waals surface area contributed by atoms with Crippen LogP contribution in [0.1, 0.15) is 6.92 Å². The lowest BCUT2D eigenvalue weighted by molar-refractivity contribution is -0.384. The predicted octanol–water partition coefficient (Wildman–Crippen LogP) is 2.47. The molecule has 1 aliphatic heterocycles. The molecule has 1 heterocycles. The SMILES string of the molecule is CC1(O)CN(c2c(Cl)cc([N+](=O)[O-])cc2Cl)C1. The molecular weight excluding hydrogens is 267 g/mol. The van der Waals surface area contributed by atoms with Crippen LogP contribution in [-0.4, -0.2) is 28.7 Å². The van der Waals surface area contributed by atoms with Crippen LogP contribution in [0, 0.1) is 10.1 Å². The molecule has 0 spiro atoms. The maximum atomic E-state index is 10.6. The van der Waals surface area contributed by atoms with E-state index in [0.29, 0.717) is 18.8 Å². The maximum Gasteiger partial charge on any atom is 0.272 e. The third-order valence-electron chi connectivity index (χ3n) is 2.59. The molecule has 2 rings (SSSR count). The summed E-state index contributed by atoms with van der Waals surface area (Å²) in [6, 6.07) is 2.52. The van der Waals surface area contributed by atoms with Gasteiger partial charge < -0.3 is 10.0 Å². The highest BCUT2D eigenvalue weighted by Gasteiger charge is 2.38. The van der Waals surface area contributed by atoms with Crippen molar-refractivity contribution in [2.75, 3.05) is 18.0 Å². The van der Waals surface area contributed by atoms with Crippen molar-refractivity contribution in [2.24, 2.45) is 0 Å². The monoisotopic (exact) mass is 276 g/mol. The molecule has 1 N–H and O–H groups in total. The van der Waals surface area contributed by atoms with Crippen molar-refractivity contribution in [1.82, 2.24) is 0 Å². The van der Waals surface area contributed by atoms with Gasteiger partial charge in [-0.3, -0.25) is 10.1 Å². The van der Waals surface area contributed by atoms with Crippen LogP contribution in [-0.2, 0) is 0 Å². The molecule has 0 saturated carbocycles. The Hall–Kier alpha value is -1.04. The Kier molecular flexibility index (Phi) is 2.93. The lowest BCUT2D eigenvalue weighted by Crippen LogP contribution is -2.60. The molecule has 0 aromatic heterocycles. The molecule has 0 amide bonds. The van der Waals surface area contributed by atoms with E-state index in [0.717, 1.165) is 0 Å². The Bertz CT molecular complexity index is 459. The van der Waals surface area contributed by atoms with Crippen molar-refractivity contribution in [3.8, 4) is 0 Å². The highest BCUT2D eigenvalue weighted by atomic mass is 35.5. The summed E-state index contributed by atoms with van der Waals surface area (Å²) in [7, 11) is 0. The third kappa shape index (κ3) is 2.31. The molecule has 1 aromatic rings. The Morgan fingerprint density at radius 2 is 1.88 bits per heavy atom. The summed E-state index contributed by atoms with van der Waals surface area (Å²) < 4.78 is 0. The van der Waals surface area contributed by atoms with Crippen LogP contribution in [0.25, 0.3) is 0 Å². The van der Waals surface area contributed by atoms with E-state index >= 15 is 0 Å². The van der Waals surface area contributed by atoms with Crippen LogP contribution in [0.2, 0.25) is 10.0 Å². The first-order chi connectivity index (χ1) is 7.80. The molecular formula is C10H10Cl2N2O3. The van der Waals surface area contributed by atoms with Crippen molar-refractivity contribution in [3.63, 3.8) is 0 Å². The third-order valence-corrected chi connectivity index (χ3v) is 3.17. The van der Waals surface area contributed by atoms with E-state index in [9.17, 15) is 15.2 Å². The number of anilines is 1. The van der Waals surface area contributed by atoms with Gasteiger partial charge in [-0.05, 0) is 6.92 Å². The minimum atomic E-state index is -0.756. The molecule has 0 atom stereocenters. The fourth-order valence-electron chi connectivity index (χ4n) is 1.89. The fraction of sp³-hybridized carbons (Fsp3) is 0.400. The summed E-state index contributed by atoms with van der Waals surface area (Å²) in [5, 5.41) is 20.7. The van der Waals surface area contributed by atoms with Gasteiger partial charge in [0.05, 0.1) is 26.3 Å². The van der Waals surface area contributed by atoms with E-state index in [-0.39, 0.29) is 15.7 Å². The minimum absolute atomic E-state index is 0.143. The lowest BCUT2D eigenvalue weighted by Gasteiger charge is -2.46. The normalized spacial score (nSPS) is 17.8. The van der Waals surface area contributed by atoms with Gasteiger partial charge in [0.15, 0.2) is 0 Å². The zero-order chi connectivity index (χ0) is 12.8. The topological polar surface area (TPSA) is 66.6 Å². The predicted molar refractivity (Wildman–Crippen MR) is 66.0 cm³/mol. The average Bonchev–Trinajstić information content (AvgIpc) is 2.13. The van der Waals surface area contributed by atoms with Gasteiger partial charge in [0.1, 0.15) is 0 Å². The minimum Gasteiger partial charge on any atom is -0.386 e. The second kappa shape index (κ2) is 4.01. The molecule has 5 nitrogen and oxygen atoms in total. The fourth-order valence-corrected chi connectivity index (χ4v) is 2.61. The summed E-state index contributed by atoms with van der Waals surface area (Å²) in [4.78, 5) is 11.8. The molecule has 1 saturated heterocycles. The number of nitro groups is 1. The number of β-amino-alcohol motifs (C(OH)–C–C–N with tert-alkyl or cyclic N) is 1. The van der Waals surface area contributed by atoms with Gasteiger partial charge in [-0.2, -0.15) is 0 Å². The Labute approximate surface area is 108 Å². The second-order valence-corrected chi connectivity index (χ2v) is 5.18. The zero-order valence-electron chi connectivity index (χ0n) is 8.98. The van der Waals surface area contributed by atoms with Crippen molar-refractivity contribution in [3.05, 3.63) is 32.3 Å². The number of non-ortho nitro benzene ring substituents is 1. The molecule has 0 bridgehead atoms. The Balaban J connectivity index is 2.34. The van der Waals surface area contributed by atoms with Crippen molar-refractivity contribution >= 4 is 34.6 Å². The number of hydrogen-bond acceptors (Lipinski definition) is 4. The van der Waals surface area contributed by atoms with Crippen molar-refractivity contribution in [1.29, 1.82) is 0 Å². The number of hydrogen-bond donors (Lipinski definition) is 1. The van der Waals surface area contributed by atoms with Crippen LogP contribution in [0.15, 0.2) is 12.1 Å². The van der Waals surface area contributed by atoms with E-state index in [2.05, 4.69) is 0 Å². The molecule has 7 heteroatoms. The maximum absolute atomic E-state index is 10.6. The van der Waals surface area contributed by atoms with E-state index in [1.54, 1.807) is 11.8 Å². The first-order valence-electron chi connectivity index (χ1n) is 4.91. The zero-order valence-corrected chi connectivity index (χ0v) is 10.5. The summed E-state index contributed by atoms with van der Waals surface area (Å²) in [6.07, 6.45) is 0. The van der Waals surface area contributed by atoms with Gasteiger partial charge in [-0.15, -0.1) is 0 Å². The van der Waals surface area contributed by atoms with E-state index in [1.165, 1.54) is 12.1 Å². The number of halogens is 2. The van der Waals surface area contributed by atoms with Gasteiger partial charge in [-0.25, -0.2) is 0 Å². The number of benzene rings is 1. The molecule has 0 radical (unpaired) electrons. The largest absolute Gasteiger partial charge is 0.386 e. The van der Waals surface area contributed by atoms with Crippen molar-refractivity contribution in [2.45, 2.75) is 12.5 Å². The molecule has 92 valence electrons. The number of nitro benzene ring substituents is 1. The summed E-state index contributed by atoms with van der Waals surface area (Å²) in [5.41, 5.74) is -0.365. The summed E-state index contributed by atoms with van der Waals surface area (Å²) in [6.45, 7) is 2.52. The number of aliphatic hydroxyl groups is 1. The first-order valence-corrected chi connectivity index (χ1v) is 5.66. The number of rotatable bonds is 2. The van der Waals surface area contributed by atoms with Crippen LogP contribution >= 0.6 is 23.2 Å². The standard InChI is InChI=1S/C10H10Cl2N2O3/c1-10(15)4-13(5-10)9-7(11)2-6(14(16)17)3-8(9)12/h2-3,15H,4-5H2,1H3. The van der Waals surface area contributed by atoms with Gasteiger partial charge in [-0.1, -0.05) is 23.2 Å². The van der Waals surface area contributed by atoms with Crippen LogP contribution in [0.3, 0.4) is 0 Å². The summed E-state index contributed by atoms with van der Waals surface area (Å²) in [5.74, 6) is 0. The Morgan fingerprint density at radius 3 is 2.24 bits per heavy atom. The van der Waals surface area contributed by atoms with Gasteiger partial charge in [0.2, 0.25) is 0 Å². The molecule has 0 unspecified atom stereocenters. The molecule has 0 aliphatic carbocycles. The Morgan fingerprint density at radius 1 is 1.41 bits per heavy atom. The molecule has 17 heavy (non-hydrogen) atoms. The van der Waals surface area contributed by atoms with Crippen LogP contribution < -0.4 is 4.90 Å². The van der Waals surface area contributed by atoms with Gasteiger partial charge >= 0.3 is 0 Å². The molecule has 1 fully saturated rings. The molecule has 1 aliphatic rings. The van der Waals surface area contributed by atoms with Crippen LogP contribution in [0.5, 0.6) is 0 Å². The lowest BCUT2D eigenvalue weighted by atomic mass is 9.96. The van der Waals surface area contributed by atoms with E-state index < -0.39 is 10.5 Å². The van der Waals surface area contributed by atoms with Gasteiger partial charge in [0, 0.05) is 25.2 Å².